The van der Waals surface area contributed by atoms with Gasteiger partial charge in [0, 0.05) is 29.7 Å². The number of likely N-dealkylation sites (N-methyl/N-ethyl adjacent to an activating group) is 2. The lowest BCUT2D eigenvalue weighted by molar-refractivity contribution is -0.916. The predicted molar refractivity (Wildman–Crippen MR) is 99.2 cm³/mol. The van der Waals surface area contributed by atoms with Crippen LogP contribution in [0.5, 0.6) is 5.75 Å². The van der Waals surface area contributed by atoms with Gasteiger partial charge in [0.2, 0.25) is 0 Å². The number of halogens is 1. The SMILES string of the molecule is COc1ccc(Br)cc1C[NH+](C)[C@@H](C(=O)N(C)C)c1ccccc1. The van der Waals surface area contributed by atoms with Crippen molar-refractivity contribution in [1.82, 2.24) is 4.90 Å². The molecule has 0 spiro atoms. The minimum Gasteiger partial charge on any atom is -0.496 e. The summed E-state index contributed by atoms with van der Waals surface area (Å²) in [6.07, 6.45) is 0. The van der Waals surface area contributed by atoms with Gasteiger partial charge in [-0.25, -0.2) is 0 Å². The van der Waals surface area contributed by atoms with Crippen molar-refractivity contribution in [2.24, 2.45) is 0 Å². The summed E-state index contributed by atoms with van der Waals surface area (Å²) >= 11 is 3.51. The molecule has 0 fully saturated rings. The third kappa shape index (κ3) is 4.36. The lowest BCUT2D eigenvalue weighted by atomic mass is 10.0. The molecule has 2 atom stereocenters. The molecule has 128 valence electrons. The molecular formula is C19H24BrN2O2+. The monoisotopic (exact) mass is 391 g/mol. The van der Waals surface area contributed by atoms with Crippen LogP contribution in [-0.4, -0.2) is 39.1 Å². The molecule has 0 saturated carbocycles. The smallest absolute Gasteiger partial charge is 0.285 e. The molecule has 0 heterocycles. The molecule has 0 aliphatic carbocycles. The fourth-order valence-corrected chi connectivity index (χ4v) is 3.24. The van der Waals surface area contributed by atoms with E-state index in [4.69, 9.17) is 4.74 Å². The lowest BCUT2D eigenvalue weighted by Gasteiger charge is -2.27. The second-order valence-electron chi connectivity index (χ2n) is 6.06. The molecular weight excluding hydrogens is 368 g/mol. The summed E-state index contributed by atoms with van der Waals surface area (Å²) < 4.78 is 6.47. The topological polar surface area (TPSA) is 34.0 Å². The third-order valence-corrected chi connectivity index (χ3v) is 4.52. The van der Waals surface area contributed by atoms with Gasteiger partial charge in [-0.15, -0.1) is 0 Å². The van der Waals surface area contributed by atoms with Gasteiger partial charge < -0.3 is 14.5 Å². The highest BCUT2D eigenvalue weighted by molar-refractivity contribution is 9.10. The zero-order chi connectivity index (χ0) is 17.7. The van der Waals surface area contributed by atoms with Gasteiger partial charge in [-0.3, -0.25) is 4.79 Å². The molecule has 4 nitrogen and oxygen atoms in total. The van der Waals surface area contributed by atoms with E-state index in [1.54, 1.807) is 26.1 Å². The molecule has 0 aliphatic rings. The summed E-state index contributed by atoms with van der Waals surface area (Å²) in [5.41, 5.74) is 2.08. The molecule has 1 amide bonds. The molecule has 5 heteroatoms. The maximum atomic E-state index is 12.8. The number of quaternary nitrogens is 1. The first-order valence-electron chi connectivity index (χ1n) is 7.85. The van der Waals surface area contributed by atoms with E-state index in [0.717, 1.165) is 26.2 Å². The van der Waals surface area contributed by atoms with Gasteiger partial charge in [0.05, 0.1) is 14.2 Å². The van der Waals surface area contributed by atoms with Crippen molar-refractivity contribution < 1.29 is 14.4 Å². The van der Waals surface area contributed by atoms with Gasteiger partial charge in [0.15, 0.2) is 6.04 Å². The summed E-state index contributed by atoms with van der Waals surface area (Å²) in [5, 5.41) is 0. The third-order valence-electron chi connectivity index (χ3n) is 4.03. The fourth-order valence-electron chi connectivity index (χ4n) is 2.83. The predicted octanol–water partition coefficient (Wildman–Crippen LogP) is 2.30. The fraction of sp³-hybridized carbons (Fsp3) is 0.316. The molecule has 0 aliphatic heterocycles. The first-order chi connectivity index (χ1) is 11.4. The summed E-state index contributed by atoms with van der Waals surface area (Å²) in [5.74, 6) is 0.925. The molecule has 2 aromatic rings. The number of rotatable bonds is 6. The van der Waals surface area contributed by atoms with Crippen molar-refractivity contribution >= 4 is 21.8 Å². The summed E-state index contributed by atoms with van der Waals surface area (Å²) in [7, 11) is 7.30. The Bertz CT molecular complexity index is 689. The van der Waals surface area contributed by atoms with Crippen molar-refractivity contribution in [1.29, 1.82) is 0 Å². The zero-order valence-electron chi connectivity index (χ0n) is 14.5. The Morgan fingerprint density at radius 1 is 1.21 bits per heavy atom. The van der Waals surface area contributed by atoms with Gasteiger partial charge >= 0.3 is 0 Å². The molecule has 0 radical (unpaired) electrons. The highest BCUT2D eigenvalue weighted by Gasteiger charge is 2.30. The maximum Gasteiger partial charge on any atom is 0.285 e. The number of nitrogens with one attached hydrogen (secondary N) is 1. The number of amides is 1. The van der Waals surface area contributed by atoms with Gasteiger partial charge in [0.1, 0.15) is 12.3 Å². The average molecular weight is 392 g/mol. The average Bonchev–Trinajstić information content (AvgIpc) is 2.56. The Morgan fingerprint density at radius 2 is 1.88 bits per heavy atom. The van der Waals surface area contributed by atoms with Crippen LogP contribution >= 0.6 is 15.9 Å². The van der Waals surface area contributed by atoms with Crippen LogP contribution in [0.2, 0.25) is 0 Å². The molecule has 1 N–H and O–H groups in total. The van der Waals surface area contributed by atoms with Crippen LogP contribution in [0.1, 0.15) is 17.2 Å². The maximum absolute atomic E-state index is 12.8. The van der Waals surface area contributed by atoms with E-state index < -0.39 is 0 Å². The Kier molecular flexibility index (Phi) is 6.40. The molecule has 2 aromatic carbocycles. The number of carbonyl (C=O) groups is 1. The highest BCUT2D eigenvalue weighted by Crippen LogP contribution is 2.22. The van der Waals surface area contributed by atoms with Crippen LogP contribution in [0, 0.1) is 0 Å². The number of methoxy groups -OCH3 is 1. The molecule has 24 heavy (non-hydrogen) atoms. The first-order valence-corrected chi connectivity index (χ1v) is 8.64. The van der Waals surface area contributed by atoms with E-state index >= 15 is 0 Å². The molecule has 0 saturated heterocycles. The minimum absolute atomic E-state index is 0.0904. The number of hydrogen-bond acceptors (Lipinski definition) is 2. The van der Waals surface area contributed by atoms with Gasteiger partial charge in [-0.05, 0) is 18.2 Å². The summed E-state index contributed by atoms with van der Waals surface area (Å²) in [6.45, 7) is 0.682. The number of nitrogens with zero attached hydrogens (tertiary/aromatic N) is 1. The molecule has 0 bridgehead atoms. The normalized spacial score (nSPS) is 13.2. The van der Waals surface area contributed by atoms with E-state index in [2.05, 4.69) is 15.9 Å². The Balaban J connectivity index is 2.33. The quantitative estimate of drug-likeness (QED) is 0.819. The number of hydrogen-bond donors (Lipinski definition) is 1. The van der Waals surface area contributed by atoms with E-state index in [-0.39, 0.29) is 11.9 Å². The first kappa shape index (κ1) is 18.5. The van der Waals surface area contributed by atoms with Crippen LogP contribution in [0.25, 0.3) is 0 Å². The Morgan fingerprint density at radius 3 is 2.46 bits per heavy atom. The number of benzene rings is 2. The molecule has 0 aromatic heterocycles. The van der Waals surface area contributed by atoms with Crippen LogP contribution in [0.3, 0.4) is 0 Å². The highest BCUT2D eigenvalue weighted by atomic mass is 79.9. The van der Waals surface area contributed by atoms with Gasteiger partial charge in [-0.1, -0.05) is 46.3 Å². The number of ether oxygens (including phenoxy) is 1. The van der Waals surface area contributed by atoms with Crippen molar-refractivity contribution in [2.75, 3.05) is 28.3 Å². The van der Waals surface area contributed by atoms with Crippen LogP contribution < -0.4 is 9.64 Å². The van der Waals surface area contributed by atoms with Crippen molar-refractivity contribution in [3.63, 3.8) is 0 Å². The largest absolute Gasteiger partial charge is 0.496 e. The minimum atomic E-state index is -0.259. The van der Waals surface area contributed by atoms with Crippen molar-refractivity contribution in [3.05, 3.63) is 64.1 Å². The number of carbonyl (C=O) groups excluding carboxylic acids is 1. The zero-order valence-corrected chi connectivity index (χ0v) is 16.1. The van der Waals surface area contributed by atoms with Crippen LogP contribution in [0.4, 0.5) is 0 Å². The van der Waals surface area contributed by atoms with Crippen LogP contribution in [0.15, 0.2) is 53.0 Å². The molecule has 2 rings (SSSR count). The van der Waals surface area contributed by atoms with E-state index in [0.29, 0.717) is 6.54 Å². The molecule has 1 unspecified atom stereocenters. The summed E-state index contributed by atoms with van der Waals surface area (Å²) in [6, 6.07) is 15.6. The second kappa shape index (κ2) is 8.31. The van der Waals surface area contributed by atoms with Crippen molar-refractivity contribution in [3.8, 4) is 5.75 Å². The Hall–Kier alpha value is -1.85. The second-order valence-corrected chi connectivity index (χ2v) is 6.97. The van der Waals surface area contributed by atoms with E-state index in [1.807, 2.05) is 55.6 Å². The van der Waals surface area contributed by atoms with Crippen molar-refractivity contribution in [2.45, 2.75) is 12.6 Å². The van der Waals surface area contributed by atoms with E-state index in [9.17, 15) is 4.79 Å². The Labute approximate surface area is 152 Å². The van der Waals surface area contributed by atoms with Gasteiger partial charge in [-0.2, -0.15) is 0 Å². The lowest BCUT2D eigenvalue weighted by Crippen LogP contribution is -3.09. The van der Waals surface area contributed by atoms with Gasteiger partial charge in [0.25, 0.3) is 5.91 Å². The van der Waals surface area contributed by atoms with E-state index in [1.165, 1.54) is 0 Å². The standard InChI is InChI=1S/C19H23BrN2O2/c1-21(2)19(23)18(14-8-6-5-7-9-14)22(3)13-15-12-16(20)10-11-17(15)24-4/h5-12,18H,13H2,1-4H3/p+1/t18-/m1/s1. The summed E-state index contributed by atoms with van der Waals surface area (Å²) in [4.78, 5) is 15.5. The van der Waals surface area contributed by atoms with Crippen LogP contribution in [-0.2, 0) is 11.3 Å².